The monoisotopic (exact) mass is 626 g/mol. The number of hydrogen-bond donors (Lipinski definition) is 2. The van der Waals surface area contributed by atoms with Crippen LogP contribution in [-0.4, -0.2) is 39.2 Å². The van der Waals surface area contributed by atoms with Crippen molar-refractivity contribution in [3.63, 3.8) is 0 Å². The fraction of sp³-hybridized carbons (Fsp3) is 0.533. The van der Waals surface area contributed by atoms with Crippen LogP contribution in [0.25, 0.3) is 0 Å². The van der Waals surface area contributed by atoms with E-state index in [9.17, 15) is 9.59 Å². The van der Waals surface area contributed by atoms with E-state index < -0.39 is 27.4 Å². The molecule has 0 saturated carbocycles. The first-order valence-corrected chi connectivity index (χ1v) is 20.2. The summed E-state index contributed by atoms with van der Waals surface area (Å²) in [7, 11) is -3.64. The largest absolute Gasteiger partial charge is 0.544 e. The third-order valence-electron chi connectivity index (χ3n) is 7.32. The molecule has 10 heteroatoms. The van der Waals surface area contributed by atoms with E-state index in [1.165, 1.54) is 0 Å². The summed E-state index contributed by atoms with van der Waals surface area (Å²) >= 11 is 11.4. The fourth-order valence-corrected chi connectivity index (χ4v) is 4.76. The van der Waals surface area contributed by atoms with Crippen molar-refractivity contribution in [1.82, 2.24) is 0 Å². The number of nitrogens with one attached hydrogen (secondary N) is 2. The van der Waals surface area contributed by atoms with E-state index in [2.05, 4.69) is 78.4 Å². The maximum atomic E-state index is 11.5. The Balaban J connectivity index is 0.000000400. The molecule has 0 bridgehead atoms. The molecule has 0 aliphatic heterocycles. The van der Waals surface area contributed by atoms with Gasteiger partial charge in [0.05, 0.1) is 0 Å². The minimum Gasteiger partial charge on any atom is -0.544 e. The van der Waals surface area contributed by atoms with Gasteiger partial charge in [-0.1, -0.05) is 41.5 Å². The third kappa shape index (κ3) is 11.5. The molecular formula is C30H48Cl2N2O4Si2. The first-order valence-electron chi connectivity index (χ1n) is 13.5. The van der Waals surface area contributed by atoms with Gasteiger partial charge in [0.25, 0.3) is 0 Å². The zero-order valence-corrected chi connectivity index (χ0v) is 29.7. The van der Waals surface area contributed by atoms with Gasteiger partial charge >= 0.3 is 0 Å². The lowest BCUT2D eigenvalue weighted by Gasteiger charge is -2.36. The van der Waals surface area contributed by atoms with Crippen molar-refractivity contribution in [1.29, 1.82) is 0 Å². The first-order chi connectivity index (χ1) is 18.1. The van der Waals surface area contributed by atoms with Crippen molar-refractivity contribution in [2.45, 2.75) is 102 Å². The molecule has 0 spiro atoms. The number of alkyl halides is 2. The number of halogens is 2. The SMILES string of the molecule is CC(Cl)C(=O)Nc1ccc(O[Si](C)(C)C(C)(C)C)cc1.CC(Cl)C(=O)Nc1ccc(O[Si](C)(C)C(C)(C)C)cc1. The quantitative estimate of drug-likeness (QED) is 0.226. The van der Waals surface area contributed by atoms with E-state index in [4.69, 9.17) is 32.1 Å². The van der Waals surface area contributed by atoms with Crippen molar-refractivity contribution in [3.05, 3.63) is 48.5 Å². The van der Waals surface area contributed by atoms with Gasteiger partial charge < -0.3 is 19.5 Å². The van der Waals surface area contributed by atoms with Gasteiger partial charge in [0.2, 0.25) is 28.4 Å². The molecule has 2 atom stereocenters. The van der Waals surface area contributed by atoms with Gasteiger partial charge in [-0.15, -0.1) is 23.2 Å². The maximum Gasteiger partial charge on any atom is 0.250 e. The summed E-state index contributed by atoms with van der Waals surface area (Å²) in [6, 6.07) is 14.9. The number of rotatable bonds is 8. The molecule has 0 radical (unpaired) electrons. The van der Waals surface area contributed by atoms with Gasteiger partial charge in [0.1, 0.15) is 22.3 Å². The Morgan fingerprint density at radius 2 is 0.875 bits per heavy atom. The van der Waals surface area contributed by atoms with E-state index in [-0.39, 0.29) is 21.9 Å². The van der Waals surface area contributed by atoms with E-state index in [0.717, 1.165) is 22.9 Å². The van der Waals surface area contributed by atoms with Crippen LogP contribution in [0, 0.1) is 0 Å². The summed E-state index contributed by atoms with van der Waals surface area (Å²) in [5, 5.41) is 4.73. The van der Waals surface area contributed by atoms with Crippen molar-refractivity contribution in [2.24, 2.45) is 0 Å². The molecule has 0 aromatic heterocycles. The average molecular weight is 628 g/mol. The number of amides is 2. The second-order valence-corrected chi connectivity index (χ2v) is 23.7. The van der Waals surface area contributed by atoms with Crippen LogP contribution >= 0.6 is 23.2 Å². The molecule has 2 N–H and O–H groups in total. The molecule has 224 valence electrons. The molecule has 2 aromatic carbocycles. The van der Waals surface area contributed by atoms with Crippen molar-refractivity contribution >= 4 is 63.0 Å². The lowest BCUT2D eigenvalue weighted by atomic mass is 10.2. The maximum absolute atomic E-state index is 11.5. The summed E-state index contributed by atoms with van der Waals surface area (Å²) in [5.74, 6) is 1.27. The smallest absolute Gasteiger partial charge is 0.250 e. The summed E-state index contributed by atoms with van der Waals surface area (Å²) in [4.78, 5) is 23.0. The molecule has 0 saturated heterocycles. The van der Waals surface area contributed by atoms with Crippen LogP contribution in [0.15, 0.2) is 48.5 Å². The summed E-state index contributed by atoms with van der Waals surface area (Å²) in [5.41, 5.74) is 1.45. The predicted molar refractivity (Wildman–Crippen MR) is 176 cm³/mol. The van der Waals surface area contributed by atoms with Gasteiger partial charge in [-0.25, -0.2) is 0 Å². The zero-order chi connectivity index (χ0) is 31.1. The average Bonchev–Trinajstić information content (AvgIpc) is 2.80. The van der Waals surface area contributed by atoms with Gasteiger partial charge in [0, 0.05) is 11.4 Å². The van der Waals surface area contributed by atoms with Crippen LogP contribution in [-0.2, 0) is 9.59 Å². The number of anilines is 2. The Bertz CT molecular complexity index is 1020. The number of benzene rings is 2. The van der Waals surface area contributed by atoms with Crippen LogP contribution in [0.1, 0.15) is 55.4 Å². The summed E-state index contributed by atoms with van der Waals surface area (Å²) in [6.07, 6.45) is 0. The summed E-state index contributed by atoms with van der Waals surface area (Å²) in [6.45, 7) is 25.3. The second-order valence-electron chi connectivity index (χ2n) is 13.0. The minimum atomic E-state index is -1.82. The predicted octanol–water partition coefficient (Wildman–Crippen LogP) is 9.27. The van der Waals surface area contributed by atoms with Crippen LogP contribution < -0.4 is 19.5 Å². The van der Waals surface area contributed by atoms with Gasteiger partial charge in [0.15, 0.2) is 0 Å². The minimum absolute atomic E-state index is 0.161. The van der Waals surface area contributed by atoms with Crippen LogP contribution in [0.4, 0.5) is 11.4 Å². The molecule has 6 nitrogen and oxygen atoms in total. The van der Waals surface area contributed by atoms with Crippen LogP contribution in [0.3, 0.4) is 0 Å². The second kappa shape index (κ2) is 14.3. The van der Waals surface area contributed by atoms with Crippen molar-refractivity contribution in [3.8, 4) is 11.5 Å². The lowest BCUT2D eigenvalue weighted by Crippen LogP contribution is -2.43. The lowest BCUT2D eigenvalue weighted by molar-refractivity contribution is -0.116. The Kier molecular flexibility index (Phi) is 12.8. The molecule has 2 amide bonds. The molecule has 0 aliphatic carbocycles. The number of carbonyl (C=O) groups excluding carboxylic acids is 2. The molecule has 0 heterocycles. The van der Waals surface area contributed by atoms with Crippen LogP contribution in [0.5, 0.6) is 11.5 Å². The standard InChI is InChI=1S/2C15H24ClNO2Si/c2*1-11(16)14(18)17-12-7-9-13(10-8-12)19-20(5,6)15(2,3)4/h2*7-11H,1-6H3,(H,17,18). The number of hydrogen-bond acceptors (Lipinski definition) is 4. The molecule has 0 aliphatic rings. The van der Waals surface area contributed by atoms with E-state index in [0.29, 0.717) is 0 Å². The van der Waals surface area contributed by atoms with Gasteiger partial charge in [-0.05, 0) is 98.6 Å². The van der Waals surface area contributed by atoms with E-state index in [1.807, 2.05) is 48.5 Å². The Labute approximate surface area is 253 Å². The molecule has 40 heavy (non-hydrogen) atoms. The number of carbonyl (C=O) groups is 2. The molecule has 2 aromatic rings. The Morgan fingerprint density at radius 1 is 0.625 bits per heavy atom. The van der Waals surface area contributed by atoms with Crippen molar-refractivity contribution < 1.29 is 18.4 Å². The van der Waals surface area contributed by atoms with Gasteiger partial charge in [-0.2, -0.15) is 0 Å². The fourth-order valence-electron chi connectivity index (χ4n) is 2.59. The van der Waals surface area contributed by atoms with E-state index >= 15 is 0 Å². The molecule has 0 fully saturated rings. The highest BCUT2D eigenvalue weighted by molar-refractivity contribution is 6.75. The zero-order valence-electron chi connectivity index (χ0n) is 26.2. The van der Waals surface area contributed by atoms with Crippen molar-refractivity contribution in [2.75, 3.05) is 10.6 Å². The molecule has 2 rings (SSSR count). The molecule has 2 unspecified atom stereocenters. The highest BCUT2D eigenvalue weighted by atomic mass is 35.5. The highest BCUT2D eigenvalue weighted by Gasteiger charge is 2.39. The highest BCUT2D eigenvalue weighted by Crippen LogP contribution is 2.38. The topological polar surface area (TPSA) is 76.7 Å². The Hall–Kier alpha value is -2.01. The first kappa shape index (κ1) is 36.0. The summed E-state index contributed by atoms with van der Waals surface area (Å²) < 4.78 is 12.3. The van der Waals surface area contributed by atoms with E-state index in [1.54, 1.807) is 13.8 Å². The normalized spacial score (nSPS) is 13.8. The van der Waals surface area contributed by atoms with Gasteiger partial charge in [-0.3, -0.25) is 9.59 Å². The Morgan fingerprint density at radius 3 is 1.07 bits per heavy atom. The van der Waals surface area contributed by atoms with Crippen LogP contribution in [0.2, 0.25) is 36.3 Å². The molecular weight excluding hydrogens is 579 g/mol. The third-order valence-corrected chi connectivity index (χ3v) is 16.4.